The summed E-state index contributed by atoms with van der Waals surface area (Å²) in [6.07, 6.45) is 0. The molecule has 0 aliphatic rings. The fourth-order valence-electron chi connectivity index (χ4n) is 2.31. The first-order valence-electron chi connectivity index (χ1n) is 6.93. The second-order valence-electron chi connectivity index (χ2n) is 5.02. The Morgan fingerprint density at radius 1 is 0.958 bits per heavy atom. The molecule has 118 valence electrons. The third kappa shape index (κ3) is 2.68. The van der Waals surface area contributed by atoms with Crippen molar-refractivity contribution < 1.29 is 13.2 Å². The Morgan fingerprint density at radius 3 is 2.62 bits per heavy atom. The molecule has 0 saturated heterocycles. The van der Waals surface area contributed by atoms with E-state index in [-0.39, 0.29) is 17.5 Å². The van der Waals surface area contributed by atoms with E-state index in [1.54, 1.807) is 30.3 Å². The SMILES string of the molecule is O=c1nc(-c2cccc(F)c2)oc(-c2cc3cc(Cl)ccc3o2)n1. The first kappa shape index (κ1) is 14.6. The number of nitrogens with zero attached hydrogens (tertiary/aromatic N) is 2. The van der Waals surface area contributed by atoms with E-state index in [9.17, 15) is 9.18 Å². The highest BCUT2D eigenvalue weighted by atomic mass is 35.5. The number of hydrogen-bond donors (Lipinski definition) is 0. The quantitative estimate of drug-likeness (QED) is 0.543. The van der Waals surface area contributed by atoms with E-state index in [0.29, 0.717) is 16.2 Å². The fourth-order valence-corrected chi connectivity index (χ4v) is 2.49. The van der Waals surface area contributed by atoms with Crippen LogP contribution < -0.4 is 5.69 Å². The molecule has 4 rings (SSSR count). The highest BCUT2D eigenvalue weighted by molar-refractivity contribution is 6.31. The maximum Gasteiger partial charge on any atom is 0.373 e. The topological polar surface area (TPSA) is 69.1 Å². The van der Waals surface area contributed by atoms with Gasteiger partial charge in [-0.25, -0.2) is 9.18 Å². The molecule has 2 aromatic carbocycles. The van der Waals surface area contributed by atoms with Gasteiger partial charge in [0, 0.05) is 16.0 Å². The van der Waals surface area contributed by atoms with E-state index in [1.807, 2.05) is 0 Å². The minimum absolute atomic E-state index is 0.0389. The minimum Gasteiger partial charge on any atom is -0.451 e. The average Bonchev–Trinajstić information content (AvgIpc) is 2.97. The molecule has 7 heteroatoms. The van der Waals surface area contributed by atoms with Crippen molar-refractivity contribution in [1.29, 1.82) is 0 Å². The van der Waals surface area contributed by atoms with Gasteiger partial charge in [0.05, 0.1) is 0 Å². The Kier molecular flexibility index (Phi) is 3.39. The molecule has 4 aromatic rings. The molecule has 0 unspecified atom stereocenters. The van der Waals surface area contributed by atoms with E-state index >= 15 is 0 Å². The fraction of sp³-hybridized carbons (Fsp3) is 0. The van der Waals surface area contributed by atoms with E-state index in [4.69, 9.17) is 20.4 Å². The predicted molar refractivity (Wildman–Crippen MR) is 86.2 cm³/mol. The number of aromatic nitrogens is 2. The lowest BCUT2D eigenvalue weighted by Gasteiger charge is -2.00. The summed E-state index contributed by atoms with van der Waals surface area (Å²) in [7, 11) is 0. The second kappa shape index (κ2) is 5.58. The Morgan fingerprint density at radius 2 is 1.79 bits per heavy atom. The number of halogens is 2. The molecule has 0 radical (unpaired) electrons. The van der Waals surface area contributed by atoms with Crippen LogP contribution in [0, 0.1) is 5.82 Å². The second-order valence-corrected chi connectivity index (χ2v) is 5.46. The van der Waals surface area contributed by atoms with Crippen LogP contribution >= 0.6 is 11.6 Å². The number of benzene rings is 2. The van der Waals surface area contributed by atoms with Crippen molar-refractivity contribution in [1.82, 2.24) is 9.97 Å². The Hall–Kier alpha value is -2.99. The molecule has 0 saturated carbocycles. The van der Waals surface area contributed by atoms with E-state index in [1.165, 1.54) is 18.2 Å². The summed E-state index contributed by atoms with van der Waals surface area (Å²) in [6, 6.07) is 12.3. The van der Waals surface area contributed by atoms with Crippen LogP contribution in [0.1, 0.15) is 0 Å². The molecule has 0 atom stereocenters. The molecule has 5 nitrogen and oxygen atoms in total. The van der Waals surface area contributed by atoms with Gasteiger partial charge in [-0.3, -0.25) is 0 Å². The molecule has 24 heavy (non-hydrogen) atoms. The molecule has 0 spiro atoms. The maximum absolute atomic E-state index is 13.4. The molecule has 0 N–H and O–H groups in total. The molecule has 0 fully saturated rings. The number of rotatable bonds is 2. The Balaban J connectivity index is 1.87. The van der Waals surface area contributed by atoms with E-state index in [2.05, 4.69) is 9.97 Å². The van der Waals surface area contributed by atoms with Crippen LogP contribution in [-0.4, -0.2) is 9.97 Å². The van der Waals surface area contributed by atoms with Crippen LogP contribution in [0.2, 0.25) is 5.02 Å². The molecule has 0 bridgehead atoms. The summed E-state index contributed by atoms with van der Waals surface area (Å²) in [5, 5.41) is 1.30. The van der Waals surface area contributed by atoms with Crippen LogP contribution in [0.5, 0.6) is 0 Å². The van der Waals surface area contributed by atoms with Gasteiger partial charge in [0.2, 0.25) is 5.89 Å². The van der Waals surface area contributed by atoms with Gasteiger partial charge in [-0.2, -0.15) is 9.97 Å². The zero-order valence-electron chi connectivity index (χ0n) is 12.0. The monoisotopic (exact) mass is 342 g/mol. The van der Waals surface area contributed by atoms with Crippen molar-refractivity contribution in [3.8, 4) is 23.1 Å². The number of furan rings is 1. The van der Waals surface area contributed by atoms with E-state index < -0.39 is 11.5 Å². The third-order valence-electron chi connectivity index (χ3n) is 3.35. The van der Waals surface area contributed by atoms with Crippen LogP contribution in [-0.2, 0) is 0 Å². The van der Waals surface area contributed by atoms with Gasteiger partial charge in [-0.15, -0.1) is 0 Å². The molecule has 0 aliphatic heterocycles. The summed E-state index contributed by atoms with van der Waals surface area (Å²) in [4.78, 5) is 19.2. The molecular weight excluding hydrogens is 335 g/mol. The van der Waals surface area contributed by atoms with Crippen molar-refractivity contribution in [3.63, 3.8) is 0 Å². The summed E-state index contributed by atoms with van der Waals surface area (Å²) in [5.41, 5.74) is 0.145. The van der Waals surface area contributed by atoms with E-state index in [0.717, 1.165) is 5.39 Å². The van der Waals surface area contributed by atoms with Crippen LogP contribution in [0.15, 0.2) is 62.2 Å². The normalized spacial score (nSPS) is 11.1. The highest BCUT2D eigenvalue weighted by Crippen LogP contribution is 2.29. The maximum atomic E-state index is 13.4. The largest absolute Gasteiger partial charge is 0.451 e. The third-order valence-corrected chi connectivity index (χ3v) is 3.58. The van der Waals surface area contributed by atoms with Crippen LogP contribution in [0.25, 0.3) is 34.1 Å². The van der Waals surface area contributed by atoms with Gasteiger partial charge in [0.1, 0.15) is 11.4 Å². The van der Waals surface area contributed by atoms with Gasteiger partial charge in [0.15, 0.2) is 5.76 Å². The Labute approximate surface area is 139 Å². The van der Waals surface area contributed by atoms with Crippen molar-refractivity contribution in [2.24, 2.45) is 0 Å². The molecule has 0 aliphatic carbocycles. The predicted octanol–water partition coefficient (Wildman–Crippen LogP) is 4.30. The zero-order chi connectivity index (χ0) is 16.7. The van der Waals surface area contributed by atoms with Crippen molar-refractivity contribution in [3.05, 3.63) is 69.9 Å². The van der Waals surface area contributed by atoms with Gasteiger partial charge in [-0.1, -0.05) is 17.7 Å². The summed E-state index contributed by atoms with van der Waals surface area (Å²) in [5.74, 6) is -0.289. The van der Waals surface area contributed by atoms with Gasteiger partial charge < -0.3 is 8.83 Å². The molecule has 2 heterocycles. The van der Waals surface area contributed by atoms with Gasteiger partial charge in [-0.05, 0) is 42.5 Å². The van der Waals surface area contributed by atoms with Gasteiger partial charge >= 0.3 is 5.69 Å². The molecule has 0 amide bonds. The van der Waals surface area contributed by atoms with Crippen molar-refractivity contribution in [2.45, 2.75) is 0 Å². The minimum atomic E-state index is -0.756. The zero-order valence-corrected chi connectivity index (χ0v) is 12.7. The molecule has 2 aromatic heterocycles. The summed E-state index contributed by atoms with van der Waals surface area (Å²) >= 11 is 5.94. The molecular formula is C17H8ClFN2O3. The summed E-state index contributed by atoms with van der Waals surface area (Å²) in [6.45, 7) is 0. The first-order valence-corrected chi connectivity index (χ1v) is 7.31. The highest BCUT2D eigenvalue weighted by Gasteiger charge is 2.14. The first-order chi connectivity index (χ1) is 11.6. The van der Waals surface area contributed by atoms with Gasteiger partial charge in [0.25, 0.3) is 5.89 Å². The van der Waals surface area contributed by atoms with Crippen LogP contribution in [0.3, 0.4) is 0 Å². The smallest absolute Gasteiger partial charge is 0.373 e. The lowest BCUT2D eigenvalue weighted by molar-refractivity contribution is 0.501. The number of hydrogen-bond acceptors (Lipinski definition) is 5. The lowest BCUT2D eigenvalue weighted by Crippen LogP contribution is -2.11. The summed E-state index contributed by atoms with van der Waals surface area (Å²) < 4.78 is 24.5. The van der Waals surface area contributed by atoms with Crippen LogP contribution in [0.4, 0.5) is 4.39 Å². The average molecular weight is 343 g/mol. The van der Waals surface area contributed by atoms with Crippen molar-refractivity contribution >= 4 is 22.6 Å². The standard InChI is InChI=1S/C17H8ClFN2O3/c18-11-4-5-13-10(6-11)8-14(23-13)16-21-17(22)20-15(24-16)9-2-1-3-12(19)7-9/h1-8H. The number of fused-ring (bicyclic) bond motifs is 1. The lowest BCUT2D eigenvalue weighted by atomic mass is 10.2. The Bertz CT molecular complexity index is 1120. The van der Waals surface area contributed by atoms with Crippen molar-refractivity contribution in [2.75, 3.05) is 0 Å².